The lowest BCUT2D eigenvalue weighted by Crippen LogP contribution is -2.12. The molecule has 0 saturated carbocycles. The fourth-order valence-electron chi connectivity index (χ4n) is 3.13. The molecule has 11 nitrogen and oxygen atoms in total. The van der Waals surface area contributed by atoms with E-state index < -0.39 is 0 Å². The number of hydrogen-bond donors (Lipinski definition) is 2. The zero-order valence-corrected chi connectivity index (χ0v) is 21.7. The zero-order chi connectivity index (χ0) is 26.0. The highest BCUT2D eigenvalue weighted by Gasteiger charge is 2.14. The molecule has 2 aromatic carbocycles. The van der Waals surface area contributed by atoms with Gasteiger partial charge in [-0.15, -0.1) is 10.2 Å². The summed E-state index contributed by atoms with van der Waals surface area (Å²) in [7, 11) is 3.15. The van der Waals surface area contributed by atoms with E-state index in [0.29, 0.717) is 38.4 Å². The molecule has 4 aromatic rings. The summed E-state index contributed by atoms with van der Waals surface area (Å²) < 4.78 is 16.3. The molecule has 0 atom stereocenters. The Hall–Kier alpha value is -3.97. The fraction of sp³-hybridized carbons (Fsp3) is 0.250. The maximum absolute atomic E-state index is 12.3. The summed E-state index contributed by atoms with van der Waals surface area (Å²) in [6, 6.07) is 14.5. The second-order valence-corrected chi connectivity index (χ2v) is 9.83. The third kappa shape index (κ3) is 7.51. The van der Waals surface area contributed by atoms with Gasteiger partial charge in [0.1, 0.15) is 11.5 Å². The third-order valence-electron chi connectivity index (χ3n) is 4.97. The first kappa shape index (κ1) is 26.1. The highest BCUT2D eigenvalue weighted by Crippen LogP contribution is 2.27. The molecule has 2 heterocycles. The molecule has 4 rings (SSSR count). The number of thioether (sulfide) groups is 1. The van der Waals surface area contributed by atoms with Gasteiger partial charge < -0.3 is 24.6 Å². The van der Waals surface area contributed by atoms with Crippen molar-refractivity contribution in [2.24, 2.45) is 0 Å². The number of carbonyl (C=O) groups excluding carboxylic acids is 2. The van der Waals surface area contributed by atoms with Crippen LogP contribution in [-0.2, 0) is 16.0 Å². The van der Waals surface area contributed by atoms with E-state index in [1.54, 1.807) is 26.4 Å². The largest absolute Gasteiger partial charge is 0.497 e. The van der Waals surface area contributed by atoms with Crippen LogP contribution >= 0.6 is 23.1 Å². The average Bonchev–Trinajstić information content (AvgIpc) is 3.57. The van der Waals surface area contributed by atoms with Crippen molar-refractivity contribution >= 4 is 45.7 Å². The minimum Gasteiger partial charge on any atom is -0.497 e. The number of hydrogen-bond acceptors (Lipinski definition) is 11. The number of benzene rings is 2. The number of ether oxygens (including phenoxy) is 2. The van der Waals surface area contributed by atoms with Crippen molar-refractivity contribution < 1.29 is 23.6 Å². The number of nitrogens with zero attached hydrogens (tertiary/aromatic N) is 4. The Labute approximate surface area is 221 Å². The van der Waals surface area contributed by atoms with Crippen molar-refractivity contribution in [3.63, 3.8) is 0 Å². The van der Waals surface area contributed by atoms with Gasteiger partial charge in [-0.05, 0) is 36.4 Å². The lowest BCUT2D eigenvalue weighted by Gasteiger charge is -2.09. The number of rotatable bonds is 12. The number of nitrogens with one attached hydrogen (secondary N) is 2. The molecule has 0 aliphatic carbocycles. The number of methoxy groups -OCH3 is 2. The van der Waals surface area contributed by atoms with E-state index in [9.17, 15) is 9.59 Å². The number of carbonyl (C=O) groups is 2. The fourth-order valence-corrected chi connectivity index (χ4v) is 4.90. The summed E-state index contributed by atoms with van der Waals surface area (Å²) in [6.07, 6.45) is 0.721. The average molecular weight is 541 g/mol. The van der Waals surface area contributed by atoms with Gasteiger partial charge in [-0.3, -0.25) is 9.59 Å². The topological polar surface area (TPSA) is 141 Å². The molecule has 0 fully saturated rings. The van der Waals surface area contributed by atoms with E-state index in [4.69, 9.17) is 14.0 Å². The second kappa shape index (κ2) is 12.8. The molecule has 2 aromatic heterocycles. The molecule has 0 aliphatic heterocycles. The summed E-state index contributed by atoms with van der Waals surface area (Å²) >= 11 is 2.64. The van der Waals surface area contributed by atoms with Gasteiger partial charge in [-0.2, -0.15) is 4.98 Å². The molecule has 0 aliphatic rings. The van der Waals surface area contributed by atoms with Crippen molar-refractivity contribution in [2.75, 3.05) is 30.6 Å². The Kier molecular flexibility index (Phi) is 9.05. The summed E-state index contributed by atoms with van der Waals surface area (Å²) in [5.41, 5.74) is 1.41. The zero-order valence-electron chi connectivity index (χ0n) is 20.1. The molecular weight excluding hydrogens is 516 g/mol. The van der Waals surface area contributed by atoms with Crippen LogP contribution < -0.4 is 20.1 Å². The van der Waals surface area contributed by atoms with E-state index >= 15 is 0 Å². The van der Waals surface area contributed by atoms with Crippen LogP contribution in [0.5, 0.6) is 11.5 Å². The van der Waals surface area contributed by atoms with Gasteiger partial charge in [-0.25, -0.2) is 0 Å². The smallest absolute Gasteiger partial charge is 0.227 e. The minimum absolute atomic E-state index is 0.133. The molecule has 0 unspecified atom stereocenters. The van der Waals surface area contributed by atoms with Gasteiger partial charge in [0, 0.05) is 30.6 Å². The molecule has 192 valence electrons. The number of aryl methyl sites for hydroxylation is 1. The van der Waals surface area contributed by atoms with Crippen molar-refractivity contribution in [3.8, 4) is 22.9 Å². The van der Waals surface area contributed by atoms with Crippen LogP contribution in [0.15, 0.2) is 57.4 Å². The minimum atomic E-state index is -0.243. The van der Waals surface area contributed by atoms with Gasteiger partial charge in [0.05, 0.1) is 19.9 Å². The van der Waals surface area contributed by atoms with Gasteiger partial charge in [-0.1, -0.05) is 40.4 Å². The van der Waals surface area contributed by atoms with Crippen LogP contribution in [-0.4, -0.2) is 52.1 Å². The van der Waals surface area contributed by atoms with Gasteiger partial charge in [0.15, 0.2) is 4.34 Å². The Morgan fingerprint density at radius 1 is 0.973 bits per heavy atom. The molecule has 13 heteroatoms. The van der Waals surface area contributed by atoms with E-state index in [0.717, 1.165) is 11.3 Å². The van der Waals surface area contributed by atoms with Crippen molar-refractivity contribution in [3.05, 3.63) is 54.4 Å². The van der Waals surface area contributed by atoms with Crippen LogP contribution in [0.1, 0.15) is 18.7 Å². The number of anilines is 2. The first-order valence-electron chi connectivity index (χ1n) is 11.2. The van der Waals surface area contributed by atoms with Crippen LogP contribution in [0.3, 0.4) is 0 Å². The third-order valence-corrected chi connectivity index (χ3v) is 6.94. The van der Waals surface area contributed by atoms with Crippen LogP contribution in [0.4, 0.5) is 10.8 Å². The number of para-hydroxylation sites is 2. The Morgan fingerprint density at radius 3 is 2.54 bits per heavy atom. The predicted octanol–water partition coefficient (Wildman–Crippen LogP) is 4.30. The second-order valence-electron chi connectivity index (χ2n) is 7.51. The summed E-state index contributed by atoms with van der Waals surface area (Å²) in [5.74, 6) is 2.28. The quantitative estimate of drug-likeness (QED) is 0.197. The van der Waals surface area contributed by atoms with E-state index in [1.165, 1.54) is 23.1 Å². The van der Waals surface area contributed by atoms with Crippen LogP contribution in [0.25, 0.3) is 11.4 Å². The van der Waals surface area contributed by atoms with Gasteiger partial charge in [0.2, 0.25) is 28.7 Å². The van der Waals surface area contributed by atoms with E-state index in [1.807, 2.05) is 36.4 Å². The normalized spacial score (nSPS) is 10.6. The van der Waals surface area contributed by atoms with E-state index in [-0.39, 0.29) is 31.1 Å². The lowest BCUT2D eigenvalue weighted by molar-refractivity contribution is -0.116. The maximum atomic E-state index is 12.3. The first-order chi connectivity index (χ1) is 18.0. The molecule has 0 saturated heterocycles. The summed E-state index contributed by atoms with van der Waals surface area (Å²) in [5, 5.41) is 18.0. The molecule has 0 radical (unpaired) electrons. The molecule has 0 bridgehead atoms. The number of amides is 2. The highest BCUT2D eigenvalue weighted by molar-refractivity contribution is 8.01. The monoisotopic (exact) mass is 540 g/mol. The van der Waals surface area contributed by atoms with Crippen molar-refractivity contribution in [1.82, 2.24) is 20.3 Å². The molecule has 2 amide bonds. The SMILES string of the molecule is COc1ccc(-c2noc(CCC(=O)Nc3nnc(SCCC(=O)Nc4ccccc4OC)s3)n2)cc1. The summed E-state index contributed by atoms with van der Waals surface area (Å²) in [4.78, 5) is 28.9. The first-order valence-corrected chi connectivity index (χ1v) is 13.0. The van der Waals surface area contributed by atoms with Gasteiger partial charge >= 0.3 is 0 Å². The Balaban J connectivity index is 1.18. The highest BCUT2D eigenvalue weighted by atomic mass is 32.2. The van der Waals surface area contributed by atoms with Crippen molar-refractivity contribution in [1.29, 1.82) is 0 Å². The van der Waals surface area contributed by atoms with Gasteiger partial charge in [0.25, 0.3) is 0 Å². The van der Waals surface area contributed by atoms with Crippen LogP contribution in [0.2, 0.25) is 0 Å². The molecule has 2 N–H and O–H groups in total. The standard InChI is InChI=1S/C24H24N6O5S2/c1-33-16-9-7-15(8-10-16)22-27-21(35-30-22)12-11-19(31)26-23-28-29-24(37-23)36-14-13-20(32)25-17-5-3-4-6-18(17)34-2/h3-10H,11-14H2,1-2H3,(H,25,32)(H,26,28,31). The molecule has 0 spiro atoms. The Morgan fingerprint density at radius 2 is 1.76 bits per heavy atom. The molecule has 37 heavy (non-hydrogen) atoms. The summed E-state index contributed by atoms with van der Waals surface area (Å²) in [6.45, 7) is 0. The van der Waals surface area contributed by atoms with Crippen LogP contribution in [0, 0.1) is 0 Å². The Bertz CT molecular complexity index is 1340. The predicted molar refractivity (Wildman–Crippen MR) is 140 cm³/mol. The lowest BCUT2D eigenvalue weighted by atomic mass is 10.2. The molecular formula is C24H24N6O5S2. The van der Waals surface area contributed by atoms with Crippen molar-refractivity contribution in [2.45, 2.75) is 23.6 Å². The number of aromatic nitrogens is 4. The maximum Gasteiger partial charge on any atom is 0.227 e. The van der Waals surface area contributed by atoms with E-state index in [2.05, 4.69) is 31.0 Å².